The molecule has 2 aliphatic rings. The fourth-order valence-electron chi connectivity index (χ4n) is 5.91. The van der Waals surface area contributed by atoms with Crippen LogP contribution in [-0.2, 0) is 5.16 Å². The van der Waals surface area contributed by atoms with E-state index in [-0.39, 0.29) is 0 Å². The van der Waals surface area contributed by atoms with Crippen LogP contribution in [0.1, 0.15) is 78.3 Å². The molecule has 0 aliphatic carbocycles. The Balaban J connectivity index is 0.000000149. The summed E-state index contributed by atoms with van der Waals surface area (Å²) in [7, 11) is 2.06. The zero-order valence-electron chi connectivity index (χ0n) is 21.3. The van der Waals surface area contributed by atoms with Gasteiger partial charge in [0.1, 0.15) is 0 Å². The van der Waals surface area contributed by atoms with E-state index in [9.17, 15) is 0 Å². The summed E-state index contributed by atoms with van der Waals surface area (Å²) < 4.78 is 0. The zero-order chi connectivity index (χ0) is 24.6. The molecule has 2 heteroatoms. The minimum atomic E-state index is 0.432. The summed E-state index contributed by atoms with van der Waals surface area (Å²) >= 11 is 0. The first kappa shape index (κ1) is 25.4. The Kier molecular flexibility index (Phi) is 8.69. The zero-order valence-corrected chi connectivity index (χ0v) is 23.3. The molecule has 6 rings (SSSR count). The molecular formula is C34H38P2. The lowest BCUT2D eigenvalue weighted by Gasteiger charge is -2.29. The molecule has 2 heterocycles. The molecule has 1 unspecified atom stereocenters. The van der Waals surface area contributed by atoms with E-state index in [4.69, 9.17) is 0 Å². The van der Waals surface area contributed by atoms with Gasteiger partial charge in [0.15, 0.2) is 0 Å². The van der Waals surface area contributed by atoms with Crippen LogP contribution in [0.2, 0.25) is 0 Å². The predicted molar refractivity (Wildman–Crippen MR) is 161 cm³/mol. The summed E-state index contributed by atoms with van der Waals surface area (Å²) in [4.78, 5) is 0. The van der Waals surface area contributed by atoms with Crippen LogP contribution in [0.3, 0.4) is 0 Å². The van der Waals surface area contributed by atoms with Crippen molar-refractivity contribution in [3.63, 3.8) is 0 Å². The molecule has 0 N–H and O–H groups in total. The normalized spacial score (nSPS) is 25.9. The molecule has 2 fully saturated rings. The van der Waals surface area contributed by atoms with E-state index >= 15 is 0 Å². The largest absolute Gasteiger partial charge is 0.107 e. The van der Waals surface area contributed by atoms with Gasteiger partial charge in [-0.3, -0.25) is 0 Å². The van der Waals surface area contributed by atoms with Gasteiger partial charge in [0.05, 0.1) is 0 Å². The molecule has 0 amide bonds. The van der Waals surface area contributed by atoms with Crippen LogP contribution in [0, 0.1) is 0 Å². The molecule has 2 saturated heterocycles. The van der Waals surface area contributed by atoms with Gasteiger partial charge in [-0.2, -0.15) is 0 Å². The van der Waals surface area contributed by atoms with Crippen LogP contribution in [0.25, 0.3) is 0 Å². The Morgan fingerprint density at radius 3 is 1.42 bits per heavy atom. The quantitative estimate of drug-likeness (QED) is 0.235. The lowest BCUT2D eigenvalue weighted by Crippen LogP contribution is -2.15. The van der Waals surface area contributed by atoms with Crippen molar-refractivity contribution in [3.05, 3.63) is 144 Å². The molecule has 36 heavy (non-hydrogen) atoms. The molecule has 4 aromatic carbocycles. The summed E-state index contributed by atoms with van der Waals surface area (Å²) in [5, 5.41) is 0.432. The maximum Gasteiger partial charge on any atom is 0.0129 e. The van der Waals surface area contributed by atoms with Crippen molar-refractivity contribution in [3.8, 4) is 0 Å². The third-order valence-corrected chi connectivity index (χ3v) is 12.5. The number of hydrogen-bond acceptors (Lipinski definition) is 0. The first-order valence-corrected chi connectivity index (χ1v) is 15.7. The molecule has 2 aliphatic heterocycles. The SMILES string of the molecule is CC[C@@]1(c2ccccc2)CC[C@@H](c2ccccc2)P1.c1ccc([C@@H]2CC[C@@H](c3ccccc3)P2)cc1. The lowest BCUT2D eigenvalue weighted by atomic mass is 9.90. The standard InChI is InChI=1S/C18H21P.C16H17P/c1-2-18(16-11-7-4-8-12-16)14-13-17(19-18)15-9-5-3-6-10-15;1-3-7-13(8-4-1)15-11-12-16(17-15)14-9-5-2-6-10-14/h3-12,17,19H,2,13-14H2,1H3;1-10,15-17H,11-12H2/t17-,18-;15-,16-/m00/s1. The Labute approximate surface area is 221 Å². The van der Waals surface area contributed by atoms with Gasteiger partial charge < -0.3 is 0 Å². The van der Waals surface area contributed by atoms with Gasteiger partial charge in [0, 0.05) is 22.1 Å². The third kappa shape index (κ3) is 5.99. The van der Waals surface area contributed by atoms with Gasteiger partial charge in [-0.1, -0.05) is 128 Å². The molecule has 0 radical (unpaired) electrons. The van der Waals surface area contributed by atoms with Crippen LogP contribution in [0.15, 0.2) is 121 Å². The smallest absolute Gasteiger partial charge is 0.0129 e. The summed E-state index contributed by atoms with van der Waals surface area (Å²) in [5.41, 5.74) is 8.50. The molecule has 184 valence electrons. The Morgan fingerprint density at radius 1 is 0.556 bits per heavy atom. The van der Waals surface area contributed by atoms with Crippen molar-refractivity contribution in [2.75, 3.05) is 0 Å². The maximum atomic E-state index is 2.35. The van der Waals surface area contributed by atoms with E-state index in [1.54, 1.807) is 5.56 Å². The van der Waals surface area contributed by atoms with Crippen molar-refractivity contribution < 1.29 is 0 Å². The van der Waals surface area contributed by atoms with E-state index < -0.39 is 0 Å². The minimum absolute atomic E-state index is 0.432. The van der Waals surface area contributed by atoms with E-state index in [1.807, 2.05) is 0 Å². The average molecular weight is 509 g/mol. The average Bonchev–Trinajstić information content (AvgIpc) is 3.65. The fraction of sp³-hybridized carbons (Fsp3) is 0.294. The lowest BCUT2D eigenvalue weighted by molar-refractivity contribution is 0.557. The van der Waals surface area contributed by atoms with Crippen LogP contribution in [0.5, 0.6) is 0 Å². The monoisotopic (exact) mass is 508 g/mol. The topological polar surface area (TPSA) is 0 Å². The van der Waals surface area contributed by atoms with Gasteiger partial charge in [0.2, 0.25) is 0 Å². The van der Waals surface area contributed by atoms with Crippen molar-refractivity contribution in [2.45, 2.75) is 61.2 Å². The van der Waals surface area contributed by atoms with Crippen LogP contribution in [0.4, 0.5) is 0 Å². The highest BCUT2D eigenvalue weighted by molar-refractivity contribution is 7.40. The highest BCUT2D eigenvalue weighted by atomic mass is 31.1. The maximum absolute atomic E-state index is 2.35. The molecule has 0 nitrogen and oxygen atoms in total. The first-order chi connectivity index (χ1) is 17.8. The van der Waals surface area contributed by atoms with Crippen molar-refractivity contribution in [1.82, 2.24) is 0 Å². The van der Waals surface area contributed by atoms with Gasteiger partial charge in [-0.15, -0.1) is 17.2 Å². The van der Waals surface area contributed by atoms with Crippen LogP contribution < -0.4 is 0 Å². The van der Waals surface area contributed by atoms with Crippen LogP contribution in [-0.4, -0.2) is 0 Å². The van der Waals surface area contributed by atoms with Gasteiger partial charge >= 0.3 is 0 Å². The highest BCUT2D eigenvalue weighted by Crippen LogP contribution is 2.63. The second kappa shape index (κ2) is 12.3. The molecule has 5 atom stereocenters. The van der Waals surface area contributed by atoms with E-state index in [1.165, 1.54) is 48.8 Å². The Morgan fingerprint density at radius 2 is 0.972 bits per heavy atom. The summed E-state index contributed by atoms with van der Waals surface area (Å²) in [6.07, 6.45) is 6.64. The molecular weight excluding hydrogens is 470 g/mol. The third-order valence-electron chi connectivity index (χ3n) is 7.99. The highest BCUT2D eigenvalue weighted by Gasteiger charge is 2.39. The number of hydrogen-bond donors (Lipinski definition) is 0. The number of rotatable bonds is 5. The predicted octanol–water partition coefficient (Wildman–Crippen LogP) is 10.4. The first-order valence-electron chi connectivity index (χ1n) is 13.5. The Hall–Kier alpha value is -2.26. The van der Waals surface area contributed by atoms with E-state index in [0.29, 0.717) is 5.16 Å². The van der Waals surface area contributed by atoms with Gasteiger partial charge in [0.25, 0.3) is 0 Å². The van der Waals surface area contributed by atoms with Crippen LogP contribution >= 0.6 is 17.2 Å². The summed E-state index contributed by atoms with van der Waals surface area (Å²) in [5.74, 6) is 0. The summed E-state index contributed by atoms with van der Waals surface area (Å²) in [6.45, 7) is 2.35. The van der Waals surface area contributed by atoms with E-state index in [0.717, 1.165) is 34.1 Å². The van der Waals surface area contributed by atoms with Gasteiger partial charge in [-0.05, 0) is 54.4 Å². The van der Waals surface area contributed by atoms with Gasteiger partial charge in [-0.25, -0.2) is 0 Å². The van der Waals surface area contributed by atoms with E-state index in [2.05, 4.69) is 128 Å². The number of benzene rings is 4. The second-order valence-corrected chi connectivity index (χ2v) is 13.8. The summed E-state index contributed by atoms with van der Waals surface area (Å²) in [6, 6.07) is 44.2. The van der Waals surface area contributed by atoms with Crippen molar-refractivity contribution in [2.24, 2.45) is 0 Å². The second-order valence-electron chi connectivity index (χ2n) is 10.1. The fourth-order valence-corrected chi connectivity index (χ4v) is 9.97. The van der Waals surface area contributed by atoms with Crippen molar-refractivity contribution in [1.29, 1.82) is 0 Å². The molecule has 0 bridgehead atoms. The molecule has 4 aromatic rings. The Bertz CT molecular complexity index is 1130. The molecule has 0 saturated carbocycles. The van der Waals surface area contributed by atoms with Crippen molar-refractivity contribution >= 4 is 17.2 Å². The molecule has 0 aromatic heterocycles. The minimum Gasteiger partial charge on any atom is -0.107 e. The molecule has 0 spiro atoms.